The number of aromatic nitrogens is 4. The minimum atomic E-state index is -0.276. The number of H-pyrrole nitrogens is 1. The molecule has 104 valence electrons. The average molecular weight is 264 g/mol. The number of nitrogens with zero attached hydrogens (tertiary/aromatic N) is 3. The van der Waals surface area contributed by atoms with Gasteiger partial charge in [0.25, 0.3) is 0 Å². The largest absolute Gasteiger partial charge is 0.393 e. The van der Waals surface area contributed by atoms with E-state index in [0.29, 0.717) is 24.6 Å². The first-order valence-electron chi connectivity index (χ1n) is 6.61. The van der Waals surface area contributed by atoms with Gasteiger partial charge >= 0.3 is 0 Å². The van der Waals surface area contributed by atoms with Crippen LogP contribution in [-0.2, 0) is 0 Å². The Balaban J connectivity index is 2.13. The molecule has 0 aliphatic carbocycles. The van der Waals surface area contributed by atoms with E-state index in [1.54, 1.807) is 6.20 Å². The van der Waals surface area contributed by atoms with Gasteiger partial charge in [-0.2, -0.15) is 15.1 Å². The Hall–Kier alpha value is -1.89. The first-order chi connectivity index (χ1) is 9.24. The second-order valence-electron chi connectivity index (χ2n) is 4.34. The molecule has 0 saturated heterocycles. The summed E-state index contributed by atoms with van der Waals surface area (Å²) in [5.41, 5.74) is 0.699. The Bertz CT molecular complexity index is 526. The van der Waals surface area contributed by atoms with Crippen LogP contribution in [0.15, 0.2) is 6.20 Å². The molecular weight excluding hydrogens is 244 g/mol. The summed E-state index contributed by atoms with van der Waals surface area (Å²) in [6.45, 7) is 5.38. The number of hydrogen-bond donors (Lipinski definition) is 4. The lowest BCUT2D eigenvalue weighted by Gasteiger charge is -2.11. The SMILES string of the molecule is CCNc1nc(NCCC(O)CC)c2cn[nH]c2n1. The Kier molecular flexibility index (Phi) is 4.51. The second-order valence-corrected chi connectivity index (χ2v) is 4.34. The fourth-order valence-electron chi connectivity index (χ4n) is 1.77. The predicted octanol–water partition coefficient (Wildman–Crippen LogP) is 1.36. The van der Waals surface area contributed by atoms with Gasteiger partial charge in [-0.15, -0.1) is 0 Å². The van der Waals surface area contributed by atoms with Gasteiger partial charge in [-0.1, -0.05) is 6.92 Å². The normalized spacial score (nSPS) is 12.6. The van der Waals surface area contributed by atoms with Gasteiger partial charge in [0.15, 0.2) is 5.65 Å². The van der Waals surface area contributed by atoms with E-state index in [1.807, 2.05) is 13.8 Å². The molecule has 7 heteroatoms. The third-order valence-corrected chi connectivity index (χ3v) is 2.89. The lowest BCUT2D eigenvalue weighted by molar-refractivity contribution is 0.164. The Labute approximate surface area is 111 Å². The number of anilines is 2. The van der Waals surface area contributed by atoms with Crippen molar-refractivity contribution >= 4 is 22.8 Å². The third kappa shape index (κ3) is 3.31. The summed E-state index contributed by atoms with van der Waals surface area (Å²) in [5, 5.41) is 23.5. The molecule has 0 aromatic carbocycles. The van der Waals surface area contributed by atoms with Crippen LogP contribution in [0.2, 0.25) is 0 Å². The average Bonchev–Trinajstić information content (AvgIpc) is 2.87. The van der Waals surface area contributed by atoms with Gasteiger partial charge in [-0.05, 0) is 19.8 Å². The number of fused-ring (bicyclic) bond motifs is 1. The molecule has 1 unspecified atom stereocenters. The van der Waals surface area contributed by atoms with Crippen LogP contribution in [0.1, 0.15) is 26.7 Å². The quantitative estimate of drug-likeness (QED) is 0.602. The van der Waals surface area contributed by atoms with Gasteiger partial charge in [0.1, 0.15) is 5.82 Å². The molecule has 0 radical (unpaired) electrons. The van der Waals surface area contributed by atoms with E-state index >= 15 is 0 Å². The van der Waals surface area contributed by atoms with E-state index in [9.17, 15) is 5.11 Å². The van der Waals surface area contributed by atoms with Gasteiger partial charge in [0.05, 0.1) is 17.7 Å². The highest BCUT2D eigenvalue weighted by molar-refractivity contribution is 5.86. The van der Waals surface area contributed by atoms with Gasteiger partial charge in [-0.25, -0.2) is 0 Å². The van der Waals surface area contributed by atoms with Crippen LogP contribution < -0.4 is 10.6 Å². The van der Waals surface area contributed by atoms with E-state index in [1.165, 1.54) is 0 Å². The van der Waals surface area contributed by atoms with Crippen LogP contribution in [0.25, 0.3) is 11.0 Å². The second kappa shape index (κ2) is 6.33. The Morgan fingerprint density at radius 2 is 2.16 bits per heavy atom. The van der Waals surface area contributed by atoms with Crippen molar-refractivity contribution in [3.8, 4) is 0 Å². The van der Waals surface area contributed by atoms with E-state index in [2.05, 4.69) is 30.8 Å². The van der Waals surface area contributed by atoms with Crippen LogP contribution in [0.5, 0.6) is 0 Å². The van der Waals surface area contributed by atoms with Crippen molar-refractivity contribution in [1.29, 1.82) is 0 Å². The third-order valence-electron chi connectivity index (χ3n) is 2.89. The number of aromatic amines is 1. The molecule has 4 N–H and O–H groups in total. The number of aliphatic hydroxyl groups excluding tert-OH is 1. The summed E-state index contributed by atoms with van der Waals surface area (Å²) < 4.78 is 0. The van der Waals surface area contributed by atoms with Crippen molar-refractivity contribution in [3.63, 3.8) is 0 Å². The van der Waals surface area contributed by atoms with Crippen LogP contribution in [0.3, 0.4) is 0 Å². The van der Waals surface area contributed by atoms with Gasteiger partial charge < -0.3 is 15.7 Å². The van der Waals surface area contributed by atoms with Gasteiger partial charge in [0.2, 0.25) is 5.95 Å². The first kappa shape index (κ1) is 13.5. The molecule has 7 nitrogen and oxygen atoms in total. The minimum absolute atomic E-state index is 0.276. The van der Waals surface area contributed by atoms with Crippen LogP contribution in [0, 0.1) is 0 Å². The zero-order valence-corrected chi connectivity index (χ0v) is 11.3. The van der Waals surface area contributed by atoms with E-state index in [4.69, 9.17) is 0 Å². The van der Waals surface area contributed by atoms with Crippen molar-refractivity contribution in [2.45, 2.75) is 32.8 Å². The summed E-state index contributed by atoms with van der Waals surface area (Å²) in [4.78, 5) is 8.73. The molecule has 0 bridgehead atoms. The van der Waals surface area contributed by atoms with Gasteiger partial charge in [0, 0.05) is 13.1 Å². The lowest BCUT2D eigenvalue weighted by Crippen LogP contribution is -2.14. The standard InChI is InChI=1S/C12H20N6O/c1-3-8(19)5-6-14-10-9-7-15-18-11(9)17-12(16-10)13-4-2/h7-8,19H,3-6H2,1-2H3,(H3,13,14,15,16,17,18). The van der Waals surface area contributed by atoms with Crippen molar-refractivity contribution in [2.24, 2.45) is 0 Å². The number of nitrogens with one attached hydrogen (secondary N) is 3. The Morgan fingerprint density at radius 1 is 1.32 bits per heavy atom. The molecule has 2 heterocycles. The maximum atomic E-state index is 9.54. The lowest BCUT2D eigenvalue weighted by atomic mass is 10.2. The number of rotatable bonds is 7. The maximum absolute atomic E-state index is 9.54. The van der Waals surface area contributed by atoms with E-state index in [-0.39, 0.29) is 6.10 Å². The fourth-order valence-corrected chi connectivity index (χ4v) is 1.77. The smallest absolute Gasteiger partial charge is 0.226 e. The molecule has 2 aromatic rings. The highest BCUT2D eigenvalue weighted by Crippen LogP contribution is 2.19. The molecule has 2 aromatic heterocycles. The Morgan fingerprint density at radius 3 is 2.89 bits per heavy atom. The zero-order chi connectivity index (χ0) is 13.7. The molecular formula is C12H20N6O. The molecule has 0 aliphatic heterocycles. The van der Waals surface area contributed by atoms with E-state index < -0.39 is 0 Å². The maximum Gasteiger partial charge on any atom is 0.226 e. The summed E-state index contributed by atoms with van der Waals surface area (Å²) in [6, 6.07) is 0. The molecule has 0 amide bonds. The predicted molar refractivity (Wildman–Crippen MR) is 75.3 cm³/mol. The topological polar surface area (TPSA) is 98.8 Å². The monoisotopic (exact) mass is 264 g/mol. The highest BCUT2D eigenvalue weighted by Gasteiger charge is 2.09. The number of hydrogen-bond acceptors (Lipinski definition) is 6. The zero-order valence-electron chi connectivity index (χ0n) is 11.3. The van der Waals surface area contributed by atoms with Crippen molar-refractivity contribution in [1.82, 2.24) is 20.2 Å². The number of aliphatic hydroxyl groups is 1. The first-order valence-corrected chi connectivity index (χ1v) is 6.61. The van der Waals surface area contributed by atoms with E-state index in [0.717, 1.165) is 24.2 Å². The van der Waals surface area contributed by atoms with Gasteiger partial charge in [-0.3, -0.25) is 5.10 Å². The summed E-state index contributed by atoms with van der Waals surface area (Å²) in [5.74, 6) is 1.30. The molecule has 19 heavy (non-hydrogen) atoms. The highest BCUT2D eigenvalue weighted by atomic mass is 16.3. The summed E-state index contributed by atoms with van der Waals surface area (Å²) in [7, 11) is 0. The molecule has 0 aliphatic rings. The van der Waals surface area contributed by atoms with Crippen LogP contribution >= 0.6 is 0 Å². The minimum Gasteiger partial charge on any atom is -0.393 e. The molecule has 0 fully saturated rings. The van der Waals surface area contributed by atoms with Crippen molar-refractivity contribution < 1.29 is 5.11 Å². The van der Waals surface area contributed by atoms with Crippen LogP contribution in [-0.4, -0.2) is 44.5 Å². The van der Waals surface area contributed by atoms with Crippen molar-refractivity contribution in [3.05, 3.63) is 6.20 Å². The molecule has 0 saturated carbocycles. The van der Waals surface area contributed by atoms with Crippen molar-refractivity contribution in [2.75, 3.05) is 23.7 Å². The molecule has 0 spiro atoms. The summed E-state index contributed by atoms with van der Waals surface area (Å²) >= 11 is 0. The summed E-state index contributed by atoms with van der Waals surface area (Å²) in [6.07, 6.45) is 2.87. The molecule has 2 rings (SSSR count). The van der Waals surface area contributed by atoms with Crippen LogP contribution in [0.4, 0.5) is 11.8 Å². The molecule has 1 atom stereocenters. The fraction of sp³-hybridized carbons (Fsp3) is 0.583.